The Kier molecular flexibility index (Phi) is 3.05. The second kappa shape index (κ2) is 4.47. The first-order valence-electron chi connectivity index (χ1n) is 5.86. The molecule has 0 spiro atoms. The Balaban J connectivity index is 2.53. The average Bonchev–Trinajstić information content (AvgIpc) is 2.59. The van der Waals surface area contributed by atoms with E-state index in [0.29, 0.717) is 0 Å². The van der Waals surface area contributed by atoms with Gasteiger partial charge in [0.1, 0.15) is 0 Å². The van der Waals surface area contributed by atoms with Crippen molar-refractivity contribution >= 4 is 11.0 Å². The molecule has 80 valence electrons. The molecule has 0 radical (unpaired) electrons. The summed E-state index contributed by atoms with van der Waals surface area (Å²) in [5, 5.41) is 0. The smallest absolute Gasteiger partial charge is 0.241 e. The normalized spacial score (nSPS) is 11.1. The number of aromatic amines is 1. The van der Waals surface area contributed by atoms with Gasteiger partial charge in [-0.2, -0.15) is 0 Å². The highest BCUT2D eigenvalue weighted by molar-refractivity contribution is 5.70. The maximum absolute atomic E-state index is 3.51. The van der Waals surface area contributed by atoms with Crippen LogP contribution in [0.1, 0.15) is 32.5 Å². The van der Waals surface area contributed by atoms with E-state index in [1.165, 1.54) is 29.7 Å². The highest BCUT2D eigenvalue weighted by Crippen LogP contribution is 2.10. The first-order chi connectivity index (χ1) is 7.36. The molecular weight excluding hydrogens is 184 g/mol. The molecule has 0 saturated carbocycles. The molecule has 0 aliphatic heterocycles. The van der Waals surface area contributed by atoms with E-state index in [0.717, 1.165) is 13.0 Å². The number of para-hydroxylation sites is 2. The van der Waals surface area contributed by atoms with Crippen molar-refractivity contribution in [3.05, 3.63) is 30.1 Å². The molecule has 2 nitrogen and oxygen atoms in total. The molecule has 1 aromatic carbocycles. The van der Waals surface area contributed by atoms with Gasteiger partial charge in [-0.05, 0) is 25.0 Å². The van der Waals surface area contributed by atoms with Crippen molar-refractivity contribution in [1.82, 2.24) is 4.98 Å². The molecule has 0 amide bonds. The molecule has 0 fully saturated rings. The second-order valence-corrected chi connectivity index (χ2v) is 3.99. The third kappa shape index (κ3) is 1.89. The van der Waals surface area contributed by atoms with Gasteiger partial charge in [0.25, 0.3) is 5.82 Å². The minimum Gasteiger partial charge on any atom is -0.241 e. The van der Waals surface area contributed by atoms with Gasteiger partial charge in [0.15, 0.2) is 11.0 Å². The highest BCUT2D eigenvalue weighted by Gasteiger charge is 2.15. The van der Waals surface area contributed by atoms with Crippen LogP contribution in [0.15, 0.2) is 24.3 Å². The van der Waals surface area contributed by atoms with Gasteiger partial charge < -0.3 is 0 Å². The van der Waals surface area contributed by atoms with Crippen molar-refractivity contribution in [2.45, 2.75) is 39.7 Å². The monoisotopic (exact) mass is 203 g/mol. The summed E-state index contributed by atoms with van der Waals surface area (Å²) in [6.45, 7) is 5.56. The zero-order valence-corrected chi connectivity index (χ0v) is 9.59. The Morgan fingerprint density at radius 3 is 2.67 bits per heavy atom. The lowest BCUT2D eigenvalue weighted by atomic mass is 10.3. The number of imidazole rings is 1. The van der Waals surface area contributed by atoms with Crippen molar-refractivity contribution in [3.63, 3.8) is 0 Å². The van der Waals surface area contributed by atoms with E-state index in [9.17, 15) is 0 Å². The fraction of sp³-hybridized carbons (Fsp3) is 0.462. The lowest BCUT2D eigenvalue weighted by Crippen LogP contribution is -2.36. The lowest BCUT2D eigenvalue weighted by molar-refractivity contribution is -0.678. The van der Waals surface area contributed by atoms with Crippen molar-refractivity contribution < 1.29 is 4.57 Å². The van der Waals surface area contributed by atoms with Crippen LogP contribution in [-0.4, -0.2) is 4.98 Å². The zero-order valence-electron chi connectivity index (χ0n) is 9.59. The molecule has 2 heteroatoms. The van der Waals surface area contributed by atoms with Gasteiger partial charge in [0.2, 0.25) is 0 Å². The number of aromatic nitrogens is 2. The molecular formula is C13H19N2+. The number of hydrogen-bond acceptors (Lipinski definition) is 0. The van der Waals surface area contributed by atoms with Crippen LogP contribution in [0.5, 0.6) is 0 Å². The maximum atomic E-state index is 3.51. The van der Waals surface area contributed by atoms with Gasteiger partial charge >= 0.3 is 0 Å². The Hall–Kier alpha value is -1.31. The number of H-pyrrole nitrogens is 1. The fourth-order valence-corrected chi connectivity index (χ4v) is 2.10. The summed E-state index contributed by atoms with van der Waals surface area (Å²) in [7, 11) is 0. The molecule has 2 rings (SSSR count). The number of aryl methyl sites for hydroxylation is 2. The predicted molar refractivity (Wildman–Crippen MR) is 62.8 cm³/mol. The Morgan fingerprint density at radius 1 is 1.13 bits per heavy atom. The summed E-state index contributed by atoms with van der Waals surface area (Å²) in [4.78, 5) is 3.51. The summed E-state index contributed by atoms with van der Waals surface area (Å²) < 4.78 is 2.42. The van der Waals surface area contributed by atoms with E-state index < -0.39 is 0 Å². The van der Waals surface area contributed by atoms with Crippen LogP contribution in [0.4, 0.5) is 0 Å². The van der Waals surface area contributed by atoms with Crippen LogP contribution in [0.2, 0.25) is 0 Å². The molecule has 0 unspecified atom stereocenters. The summed E-state index contributed by atoms with van der Waals surface area (Å²) in [5.41, 5.74) is 2.59. The number of fused-ring (bicyclic) bond motifs is 1. The second-order valence-electron chi connectivity index (χ2n) is 3.99. The largest absolute Gasteiger partial charge is 0.255 e. The van der Waals surface area contributed by atoms with E-state index in [1.807, 2.05) is 0 Å². The van der Waals surface area contributed by atoms with Crippen molar-refractivity contribution in [3.8, 4) is 0 Å². The van der Waals surface area contributed by atoms with Crippen LogP contribution in [-0.2, 0) is 13.0 Å². The van der Waals surface area contributed by atoms with Crippen molar-refractivity contribution in [1.29, 1.82) is 0 Å². The molecule has 1 heterocycles. The number of hydrogen-bond donors (Lipinski definition) is 1. The Morgan fingerprint density at radius 2 is 1.93 bits per heavy atom. The standard InChI is InChI=1S/C13H18N2/c1-3-7-13-14-11-8-5-6-9-12(11)15(13)10-4-2/h5-6,8-9H,3-4,7,10H2,1-2H3/p+1. The van der Waals surface area contributed by atoms with Crippen LogP contribution in [0.25, 0.3) is 11.0 Å². The van der Waals surface area contributed by atoms with Gasteiger partial charge in [0.05, 0.1) is 6.54 Å². The average molecular weight is 203 g/mol. The van der Waals surface area contributed by atoms with Crippen LogP contribution < -0.4 is 4.57 Å². The highest BCUT2D eigenvalue weighted by atomic mass is 15.1. The molecule has 0 aliphatic carbocycles. The van der Waals surface area contributed by atoms with Gasteiger partial charge in [-0.15, -0.1) is 0 Å². The molecule has 15 heavy (non-hydrogen) atoms. The third-order valence-electron chi connectivity index (χ3n) is 2.73. The predicted octanol–water partition coefficient (Wildman–Crippen LogP) is 2.82. The summed E-state index contributed by atoms with van der Waals surface area (Å²) >= 11 is 0. The molecule has 0 bridgehead atoms. The number of nitrogens with zero attached hydrogens (tertiary/aromatic N) is 1. The molecule has 1 N–H and O–H groups in total. The minimum atomic E-state index is 1.11. The molecule has 2 aromatic rings. The summed E-state index contributed by atoms with van der Waals surface area (Å²) in [6.07, 6.45) is 3.51. The zero-order chi connectivity index (χ0) is 10.7. The van der Waals surface area contributed by atoms with Gasteiger partial charge in [-0.25, -0.2) is 9.55 Å². The maximum Gasteiger partial charge on any atom is 0.255 e. The molecule has 0 saturated heterocycles. The van der Waals surface area contributed by atoms with E-state index in [-0.39, 0.29) is 0 Å². The van der Waals surface area contributed by atoms with Crippen LogP contribution in [0.3, 0.4) is 0 Å². The van der Waals surface area contributed by atoms with Crippen LogP contribution in [0, 0.1) is 0 Å². The van der Waals surface area contributed by atoms with Gasteiger partial charge in [0, 0.05) is 6.42 Å². The number of nitrogens with one attached hydrogen (secondary N) is 1. The fourth-order valence-electron chi connectivity index (χ4n) is 2.10. The molecule has 0 aliphatic rings. The molecule has 1 aromatic heterocycles. The van der Waals surface area contributed by atoms with E-state index in [4.69, 9.17) is 0 Å². The Labute approximate surface area is 90.9 Å². The summed E-state index contributed by atoms with van der Waals surface area (Å²) in [6, 6.07) is 8.55. The number of rotatable bonds is 4. The van der Waals surface area contributed by atoms with Crippen LogP contribution >= 0.6 is 0 Å². The number of benzene rings is 1. The SMILES string of the molecule is CCCc1[nH]c2ccccc2[n+]1CCC. The lowest BCUT2D eigenvalue weighted by Gasteiger charge is -1.98. The molecule has 0 atom stereocenters. The van der Waals surface area contributed by atoms with Crippen molar-refractivity contribution in [2.75, 3.05) is 0 Å². The topological polar surface area (TPSA) is 19.7 Å². The first kappa shape index (κ1) is 10.2. The minimum absolute atomic E-state index is 1.11. The summed E-state index contributed by atoms with van der Waals surface area (Å²) in [5.74, 6) is 1.36. The first-order valence-corrected chi connectivity index (χ1v) is 5.86. The Bertz CT molecular complexity index is 443. The van der Waals surface area contributed by atoms with Crippen molar-refractivity contribution in [2.24, 2.45) is 0 Å². The van der Waals surface area contributed by atoms with E-state index >= 15 is 0 Å². The van der Waals surface area contributed by atoms with Gasteiger partial charge in [-0.3, -0.25) is 0 Å². The third-order valence-corrected chi connectivity index (χ3v) is 2.73. The quantitative estimate of drug-likeness (QED) is 0.737. The van der Waals surface area contributed by atoms with E-state index in [2.05, 4.69) is 47.7 Å². The van der Waals surface area contributed by atoms with E-state index in [1.54, 1.807) is 0 Å². The van der Waals surface area contributed by atoms with Gasteiger partial charge in [-0.1, -0.05) is 26.0 Å².